The van der Waals surface area contributed by atoms with E-state index < -0.39 is 16.8 Å². The molecule has 8 nitrogen and oxygen atoms in total. The second-order valence-electron chi connectivity index (χ2n) is 5.01. The molecule has 0 aliphatic heterocycles. The van der Waals surface area contributed by atoms with Gasteiger partial charge in [-0.15, -0.1) is 0 Å². The summed E-state index contributed by atoms with van der Waals surface area (Å²) in [6.07, 6.45) is 0.544. The maximum Gasteiger partial charge on any atom is 0.325 e. The maximum absolute atomic E-state index is 11.9. The zero-order chi connectivity index (χ0) is 16.0. The van der Waals surface area contributed by atoms with Gasteiger partial charge in [-0.2, -0.15) is 0 Å². The fourth-order valence-electron chi connectivity index (χ4n) is 1.96. The molecule has 0 radical (unpaired) electrons. The average Bonchev–Trinajstić information content (AvgIpc) is 2.43. The van der Waals surface area contributed by atoms with Crippen molar-refractivity contribution in [2.75, 3.05) is 13.2 Å². The first-order valence-corrected chi connectivity index (χ1v) is 6.72. The largest absolute Gasteiger partial charge is 0.394 e. The summed E-state index contributed by atoms with van der Waals surface area (Å²) >= 11 is 0. The maximum atomic E-state index is 11.9. The van der Waals surface area contributed by atoms with Crippen LogP contribution in [-0.4, -0.2) is 44.8 Å². The molecule has 118 valence electrons. The van der Waals surface area contributed by atoms with Crippen molar-refractivity contribution in [3.63, 3.8) is 0 Å². The Bertz CT molecular complexity index is 592. The monoisotopic (exact) mass is 299 g/mol. The Morgan fingerprint density at radius 3 is 2.33 bits per heavy atom. The number of carbonyl (C=O) groups excluding carboxylic acids is 1. The predicted octanol–water partition coefficient (Wildman–Crippen LogP) is -1.45. The second-order valence-corrected chi connectivity index (χ2v) is 5.01. The summed E-state index contributed by atoms with van der Waals surface area (Å²) in [5, 5.41) is 21.1. The molecule has 5 N–H and O–H groups in total. The Morgan fingerprint density at radius 1 is 1.24 bits per heavy atom. The number of hydrogen-bond donors (Lipinski definition) is 5. The summed E-state index contributed by atoms with van der Waals surface area (Å²) in [5.41, 5.74) is -1.40. The Kier molecular flexibility index (Phi) is 5.86. The van der Waals surface area contributed by atoms with Gasteiger partial charge in [-0.05, 0) is 19.8 Å². The van der Waals surface area contributed by atoms with E-state index in [0.717, 1.165) is 0 Å². The highest BCUT2D eigenvalue weighted by atomic mass is 16.3. The zero-order valence-electron chi connectivity index (χ0n) is 12.2. The summed E-state index contributed by atoms with van der Waals surface area (Å²) < 4.78 is 0. The van der Waals surface area contributed by atoms with E-state index >= 15 is 0 Å². The van der Waals surface area contributed by atoms with E-state index in [-0.39, 0.29) is 32.0 Å². The van der Waals surface area contributed by atoms with Crippen molar-refractivity contribution >= 4 is 5.91 Å². The highest BCUT2D eigenvalue weighted by Crippen LogP contribution is 2.09. The lowest BCUT2D eigenvalue weighted by atomic mass is 9.98. The van der Waals surface area contributed by atoms with Crippen molar-refractivity contribution in [3.8, 4) is 0 Å². The second kappa shape index (κ2) is 7.19. The summed E-state index contributed by atoms with van der Waals surface area (Å²) in [7, 11) is 0. The van der Waals surface area contributed by atoms with Crippen LogP contribution < -0.4 is 16.6 Å². The van der Waals surface area contributed by atoms with Crippen molar-refractivity contribution in [1.82, 2.24) is 15.3 Å². The fraction of sp³-hybridized carbons (Fsp3) is 0.615. The number of aryl methyl sites for hydroxylation is 1. The molecule has 0 saturated carbocycles. The third-order valence-corrected chi connectivity index (χ3v) is 3.54. The molecule has 0 bridgehead atoms. The first-order valence-electron chi connectivity index (χ1n) is 6.72. The summed E-state index contributed by atoms with van der Waals surface area (Å²) in [4.78, 5) is 39.1. The summed E-state index contributed by atoms with van der Waals surface area (Å²) in [6, 6.07) is 0. The number of hydrogen-bond acceptors (Lipinski definition) is 5. The highest BCUT2D eigenvalue weighted by molar-refractivity contribution is 5.77. The van der Waals surface area contributed by atoms with E-state index in [2.05, 4.69) is 15.3 Å². The molecule has 0 saturated heterocycles. The molecule has 0 fully saturated rings. The number of aromatic amines is 2. The number of nitrogens with one attached hydrogen (secondary N) is 3. The number of aliphatic hydroxyl groups excluding tert-OH is 2. The molecule has 0 spiro atoms. The van der Waals surface area contributed by atoms with E-state index in [4.69, 9.17) is 0 Å². The van der Waals surface area contributed by atoms with Crippen molar-refractivity contribution in [2.45, 2.75) is 38.6 Å². The summed E-state index contributed by atoms with van der Waals surface area (Å²) in [6.45, 7) is 2.58. The van der Waals surface area contributed by atoms with Gasteiger partial charge in [-0.25, -0.2) is 4.79 Å². The molecular formula is C13H21N3O5. The molecule has 1 aromatic heterocycles. The first-order chi connectivity index (χ1) is 9.87. The highest BCUT2D eigenvalue weighted by Gasteiger charge is 2.28. The number of H-pyrrole nitrogens is 2. The lowest BCUT2D eigenvalue weighted by molar-refractivity contribution is -0.124. The van der Waals surface area contributed by atoms with Gasteiger partial charge in [-0.1, -0.05) is 6.92 Å². The Hall–Kier alpha value is -1.93. The van der Waals surface area contributed by atoms with Crippen LogP contribution in [0.4, 0.5) is 0 Å². The Morgan fingerprint density at radius 2 is 1.86 bits per heavy atom. The van der Waals surface area contributed by atoms with Crippen LogP contribution >= 0.6 is 0 Å². The molecule has 8 heteroatoms. The molecular weight excluding hydrogens is 278 g/mol. The Labute approximate surface area is 121 Å². The van der Waals surface area contributed by atoms with E-state index in [9.17, 15) is 24.6 Å². The lowest BCUT2D eigenvalue weighted by Crippen LogP contribution is -2.53. The molecule has 0 aliphatic carbocycles. The molecule has 0 aromatic carbocycles. The summed E-state index contributed by atoms with van der Waals surface area (Å²) in [5.74, 6) is -0.384. The number of amides is 1. The van der Waals surface area contributed by atoms with E-state index in [1.807, 2.05) is 0 Å². The minimum Gasteiger partial charge on any atom is -0.394 e. The van der Waals surface area contributed by atoms with Crippen molar-refractivity contribution < 1.29 is 15.0 Å². The van der Waals surface area contributed by atoms with Crippen LogP contribution in [0.25, 0.3) is 0 Å². The fourth-order valence-corrected chi connectivity index (χ4v) is 1.96. The van der Waals surface area contributed by atoms with Crippen LogP contribution in [-0.2, 0) is 11.2 Å². The molecule has 21 heavy (non-hydrogen) atoms. The normalized spacial score (nSPS) is 11.4. The molecule has 1 rings (SSSR count). The van der Waals surface area contributed by atoms with Gasteiger partial charge in [0.15, 0.2) is 0 Å². The van der Waals surface area contributed by atoms with E-state index in [1.165, 1.54) is 0 Å². The van der Waals surface area contributed by atoms with Crippen LogP contribution in [0.3, 0.4) is 0 Å². The minimum atomic E-state index is -1.05. The smallest absolute Gasteiger partial charge is 0.325 e. The van der Waals surface area contributed by atoms with Crippen LogP contribution in [0.5, 0.6) is 0 Å². The van der Waals surface area contributed by atoms with Gasteiger partial charge >= 0.3 is 5.69 Å². The number of carbonyl (C=O) groups is 1. The number of aliphatic hydroxyl groups is 2. The first kappa shape index (κ1) is 17.1. The van der Waals surface area contributed by atoms with Gasteiger partial charge in [-0.3, -0.25) is 14.6 Å². The molecule has 1 heterocycles. The minimum absolute atomic E-state index is 0.0116. The van der Waals surface area contributed by atoms with Gasteiger partial charge in [0, 0.05) is 17.7 Å². The van der Waals surface area contributed by atoms with Gasteiger partial charge in [0.05, 0.1) is 18.8 Å². The molecule has 0 aliphatic rings. The van der Waals surface area contributed by atoms with Gasteiger partial charge in [0.1, 0.15) is 0 Å². The standard InChI is InChI=1S/C13H21N3O5/c1-3-13(6-17,7-18)16-10(19)5-4-9-8(2)14-12(21)15-11(9)20/h17-18H,3-7H2,1-2H3,(H,16,19)(H2,14,15,20,21). The zero-order valence-corrected chi connectivity index (χ0v) is 12.2. The SMILES string of the molecule is CCC(CO)(CO)NC(=O)CCc1c(C)[nH]c(=O)[nH]c1=O. The van der Waals surface area contributed by atoms with Gasteiger partial charge in [0.2, 0.25) is 5.91 Å². The van der Waals surface area contributed by atoms with Crippen LogP contribution in [0.15, 0.2) is 9.59 Å². The number of aromatic nitrogens is 2. The third kappa shape index (κ3) is 4.27. The van der Waals surface area contributed by atoms with Crippen LogP contribution in [0.1, 0.15) is 31.0 Å². The van der Waals surface area contributed by atoms with Crippen molar-refractivity contribution in [1.29, 1.82) is 0 Å². The van der Waals surface area contributed by atoms with Crippen LogP contribution in [0, 0.1) is 6.92 Å². The van der Waals surface area contributed by atoms with Gasteiger partial charge in [0.25, 0.3) is 5.56 Å². The van der Waals surface area contributed by atoms with Crippen LogP contribution in [0.2, 0.25) is 0 Å². The molecule has 1 amide bonds. The molecule has 1 aromatic rings. The van der Waals surface area contributed by atoms with Crippen molar-refractivity contribution in [3.05, 3.63) is 32.1 Å². The third-order valence-electron chi connectivity index (χ3n) is 3.54. The average molecular weight is 299 g/mol. The van der Waals surface area contributed by atoms with Crippen molar-refractivity contribution in [2.24, 2.45) is 0 Å². The van der Waals surface area contributed by atoms with Gasteiger partial charge < -0.3 is 20.5 Å². The topological polar surface area (TPSA) is 135 Å². The van der Waals surface area contributed by atoms with E-state index in [0.29, 0.717) is 17.7 Å². The Balaban J connectivity index is 2.74. The predicted molar refractivity (Wildman–Crippen MR) is 76.1 cm³/mol. The number of rotatable bonds is 7. The quantitative estimate of drug-likeness (QED) is 0.420. The lowest BCUT2D eigenvalue weighted by Gasteiger charge is -2.29. The molecule has 0 atom stereocenters. The molecule has 0 unspecified atom stereocenters. The van der Waals surface area contributed by atoms with E-state index in [1.54, 1.807) is 13.8 Å².